The molecule has 2 aliphatic heterocycles. The van der Waals surface area contributed by atoms with E-state index in [0.717, 1.165) is 37.7 Å². The minimum Gasteiger partial charge on any atom is -0.494 e. The fourth-order valence-corrected chi connectivity index (χ4v) is 4.75. The summed E-state index contributed by atoms with van der Waals surface area (Å²) in [5, 5.41) is 0. The van der Waals surface area contributed by atoms with Gasteiger partial charge in [-0.2, -0.15) is 0 Å². The standard InChI is InChI=1S/C24H27F2NO3/c1-29-22-6-5-19(15-21(22)26)23(28)27-10-8-24(9-11-27)16-18(7-12-30-24)13-17-3-2-4-20(25)14-17/h2-6,14-15,18H,7-13,16H2,1H3/t18-/m1/s1. The largest absolute Gasteiger partial charge is 0.494 e. The topological polar surface area (TPSA) is 38.8 Å². The number of hydrogen-bond donors (Lipinski definition) is 0. The molecule has 0 saturated carbocycles. The summed E-state index contributed by atoms with van der Waals surface area (Å²) in [4.78, 5) is 14.6. The summed E-state index contributed by atoms with van der Waals surface area (Å²) in [5.41, 5.74) is 1.13. The fraction of sp³-hybridized carbons (Fsp3) is 0.458. The Balaban J connectivity index is 1.37. The van der Waals surface area contributed by atoms with Crippen LogP contribution in [0.2, 0.25) is 0 Å². The van der Waals surface area contributed by atoms with Crippen LogP contribution >= 0.6 is 0 Å². The van der Waals surface area contributed by atoms with Crippen LogP contribution in [-0.2, 0) is 11.2 Å². The Kier molecular flexibility index (Phi) is 6.04. The minimum atomic E-state index is -0.535. The number of benzene rings is 2. The number of piperidine rings is 1. The smallest absolute Gasteiger partial charge is 0.253 e. The molecule has 2 aromatic rings. The van der Waals surface area contributed by atoms with Crippen molar-refractivity contribution in [2.45, 2.75) is 37.7 Å². The molecule has 2 saturated heterocycles. The summed E-state index contributed by atoms with van der Waals surface area (Å²) < 4.78 is 38.6. The molecule has 0 unspecified atom stereocenters. The van der Waals surface area contributed by atoms with Crippen LogP contribution in [0.4, 0.5) is 8.78 Å². The van der Waals surface area contributed by atoms with E-state index in [2.05, 4.69) is 0 Å². The van der Waals surface area contributed by atoms with E-state index in [1.807, 2.05) is 6.07 Å². The first-order valence-corrected chi connectivity index (χ1v) is 10.5. The molecule has 2 aromatic carbocycles. The van der Waals surface area contributed by atoms with Crippen LogP contribution < -0.4 is 4.74 Å². The average Bonchev–Trinajstić information content (AvgIpc) is 2.74. The Morgan fingerprint density at radius 3 is 2.70 bits per heavy atom. The summed E-state index contributed by atoms with van der Waals surface area (Å²) in [7, 11) is 1.40. The second-order valence-electron chi connectivity index (χ2n) is 8.37. The van der Waals surface area contributed by atoms with Crippen molar-refractivity contribution in [3.63, 3.8) is 0 Å². The van der Waals surface area contributed by atoms with Crippen molar-refractivity contribution in [2.75, 3.05) is 26.8 Å². The Hall–Kier alpha value is -2.47. The number of rotatable bonds is 4. The van der Waals surface area contributed by atoms with Crippen LogP contribution in [0.15, 0.2) is 42.5 Å². The predicted octanol–water partition coefficient (Wildman–Crippen LogP) is 4.62. The van der Waals surface area contributed by atoms with Gasteiger partial charge in [0.05, 0.1) is 12.7 Å². The second-order valence-corrected chi connectivity index (χ2v) is 8.37. The zero-order chi connectivity index (χ0) is 21.1. The number of amides is 1. The van der Waals surface area contributed by atoms with Gasteiger partial charge in [-0.15, -0.1) is 0 Å². The van der Waals surface area contributed by atoms with Crippen LogP contribution in [-0.4, -0.2) is 43.2 Å². The molecule has 160 valence electrons. The van der Waals surface area contributed by atoms with Gasteiger partial charge in [-0.05, 0) is 73.9 Å². The third-order valence-corrected chi connectivity index (χ3v) is 6.37. The zero-order valence-corrected chi connectivity index (χ0v) is 17.2. The predicted molar refractivity (Wildman–Crippen MR) is 110 cm³/mol. The maximum Gasteiger partial charge on any atom is 0.253 e. The van der Waals surface area contributed by atoms with Gasteiger partial charge in [-0.3, -0.25) is 4.79 Å². The Morgan fingerprint density at radius 1 is 1.20 bits per heavy atom. The quantitative estimate of drug-likeness (QED) is 0.732. The van der Waals surface area contributed by atoms with E-state index in [1.165, 1.54) is 25.3 Å². The number of likely N-dealkylation sites (tertiary alicyclic amines) is 1. The monoisotopic (exact) mass is 415 g/mol. The molecule has 0 N–H and O–H groups in total. The lowest BCUT2D eigenvalue weighted by atomic mass is 9.77. The molecule has 1 atom stereocenters. The number of carbonyl (C=O) groups excluding carboxylic acids is 1. The normalized spacial score (nSPS) is 20.9. The summed E-state index contributed by atoms with van der Waals surface area (Å²) in [5.74, 6) is -0.329. The second kappa shape index (κ2) is 8.72. The van der Waals surface area contributed by atoms with Gasteiger partial charge in [0.2, 0.25) is 0 Å². The number of ether oxygens (including phenoxy) is 2. The molecule has 0 aliphatic carbocycles. The van der Waals surface area contributed by atoms with Crippen molar-refractivity contribution in [3.05, 3.63) is 65.2 Å². The Bertz CT molecular complexity index is 909. The molecule has 0 bridgehead atoms. The highest BCUT2D eigenvalue weighted by atomic mass is 19.1. The average molecular weight is 415 g/mol. The minimum absolute atomic E-state index is 0.129. The van der Waals surface area contributed by atoms with Crippen LogP contribution in [0.5, 0.6) is 5.75 Å². The van der Waals surface area contributed by atoms with Crippen LogP contribution in [0.3, 0.4) is 0 Å². The van der Waals surface area contributed by atoms with Gasteiger partial charge in [0, 0.05) is 25.3 Å². The molecular weight excluding hydrogens is 388 g/mol. The van der Waals surface area contributed by atoms with E-state index >= 15 is 0 Å². The van der Waals surface area contributed by atoms with E-state index in [-0.39, 0.29) is 23.1 Å². The van der Waals surface area contributed by atoms with Gasteiger partial charge in [-0.1, -0.05) is 12.1 Å². The summed E-state index contributed by atoms with van der Waals surface area (Å²) >= 11 is 0. The molecule has 2 aliphatic rings. The molecule has 1 amide bonds. The van der Waals surface area contributed by atoms with Crippen LogP contribution in [0, 0.1) is 17.6 Å². The highest BCUT2D eigenvalue weighted by molar-refractivity contribution is 5.94. The van der Waals surface area contributed by atoms with Gasteiger partial charge >= 0.3 is 0 Å². The maximum absolute atomic E-state index is 14.0. The van der Waals surface area contributed by atoms with Gasteiger partial charge in [0.25, 0.3) is 5.91 Å². The molecule has 0 aromatic heterocycles. The molecule has 6 heteroatoms. The van der Waals surface area contributed by atoms with Crippen molar-refractivity contribution >= 4 is 5.91 Å². The molecule has 30 heavy (non-hydrogen) atoms. The number of hydrogen-bond acceptors (Lipinski definition) is 3. The first-order valence-electron chi connectivity index (χ1n) is 10.5. The number of methoxy groups -OCH3 is 1. The van der Waals surface area contributed by atoms with Crippen molar-refractivity contribution in [1.82, 2.24) is 4.90 Å². The maximum atomic E-state index is 14.0. The Labute approximate surface area is 175 Å². The first kappa shape index (κ1) is 20.8. The summed E-state index contributed by atoms with van der Waals surface area (Å²) in [6, 6.07) is 11.1. The number of nitrogens with zero attached hydrogens (tertiary/aromatic N) is 1. The van der Waals surface area contributed by atoms with Crippen molar-refractivity contribution in [2.24, 2.45) is 5.92 Å². The van der Waals surface area contributed by atoms with Crippen molar-refractivity contribution in [1.29, 1.82) is 0 Å². The van der Waals surface area contributed by atoms with Crippen molar-refractivity contribution < 1.29 is 23.0 Å². The zero-order valence-electron chi connectivity index (χ0n) is 17.2. The third-order valence-electron chi connectivity index (χ3n) is 6.37. The molecule has 1 spiro atoms. The third kappa shape index (κ3) is 4.48. The van der Waals surface area contributed by atoms with E-state index in [4.69, 9.17) is 9.47 Å². The summed E-state index contributed by atoms with van der Waals surface area (Å²) in [6.07, 6.45) is 4.25. The highest BCUT2D eigenvalue weighted by Crippen LogP contribution is 2.39. The van der Waals surface area contributed by atoms with Gasteiger partial charge < -0.3 is 14.4 Å². The first-order chi connectivity index (χ1) is 14.5. The van der Waals surface area contributed by atoms with Crippen molar-refractivity contribution in [3.8, 4) is 5.75 Å². The van der Waals surface area contributed by atoms with E-state index in [1.54, 1.807) is 23.1 Å². The molecule has 2 heterocycles. The van der Waals surface area contributed by atoms with E-state index in [0.29, 0.717) is 31.2 Å². The summed E-state index contributed by atoms with van der Waals surface area (Å²) in [6.45, 7) is 1.86. The lowest BCUT2D eigenvalue weighted by molar-refractivity contribution is -0.123. The highest BCUT2D eigenvalue weighted by Gasteiger charge is 2.41. The molecule has 0 radical (unpaired) electrons. The molecule has 4 rings (SSSR count). The molecule has 2 fully saturated rings. The van der Waals surface area contributed by atoms with Gasteiger partial charge in [0.15, 0.2) is 11.6 Å². The number of halogens is 2. The van der Waals surface area contributed by atoms with E-state index in [9.17, 15) is 13.6 Å². The fourth-order valence-electron chi connectivity index (χ4n) is 4.75. The van der Waals surface area contributed by atoms with Gasteiger partial charge in [-0.25, -0.2) is 8.78 Å². The lowest BCUT2D eigenvalue weighted by Crippen LogP contribution is -2.51. The van der Waals surface area contributed by atoms with Gasteiger partial charge in [0.1, 0.15) is 5.82 Å². The molecular formula is C24H27F2NO3. The van der Waals surface area contributed by atoms with E-state index < -0.39 is 5.82 Å². The lowest BCUT2D eigenvalue weighted by Gasteiger charge is -2.46. The SMILES string of the molecule is COc1ccc(C(=O)N2CCC3(CC2)C[C@@H](Cc2cccc(F)c2)CCO3)cc1F. The molecule has 4 nitrogen and oxygen atoms in total. The van der Waals surface area contributed by atoms with Crippen LogP contribution in [0.25, 0.3) is 0 Å². The Morgan fingerprint density at radius 2 is 2.00 bits per heavy atom. The number of carbonyl (C=O) groups is 1. The van der Waals surface area contributed by atoms with Crippen LogP contribution in [0.1, 0.15) is 41.6 Å².